The normalized spacial score (nSPS) is 11.1. The second-order valence-corrected chi connectivity index (χ2v) is 8.82. The lowest BCUT2D eigenvalue weighted by atomic mass is 10.1. The summed E-state index contributed by atoms with van der Waals surface area (Å²) in [6.07, 6.45) is 2.72. The average molecular weight is 462 g/mol. The van der Waals surface area contributed by atoms with Crippen LogP contribution in [0.1, 0.15) is 30.5 Å². The van der Waals surface area contributed by atoms with Crippen molar-refractivity contribution >= 4 is 34.4 Å². The highest BCUT2D eigenvalue weighted by molar-refractivity contribution is 7.99. The fourth-order valence-corrected chi connectivity index (χ4v) is 4.26. The molecule has 0 fully saturated rings. The first-order valence-corrected chi connectivity index (χ1v) is 12.0. The van der Waals surface area contributed by atoms with E-state index >= 15 is 0 Å². The fourth-order valence-electron chi connectivity index (χ4n) is 3.46. The molecule has 1 N–H and O–H groups in total. The molecule has 0 aliphatic rings. The summed E-state index contributed by atoms with van der Waals surface area (Å²) in [5.74, 6) is -0.00624. The first-order chi connectivity index (χ1) is 16.0. The zero-order valence-electron chi connectivity index (χ0n) is 19.0. The maximum atomic E-state index is 13.3. The zero-order chi connectivity index (χ0) is 23.4. The molecule has 0 radical (unpaired) electrons. The molecular formula is C25H27N5O2S. The standard InChI is InChI=1S/C25H27N5O2S/c1-4-18-10-12-20(13-11-18)26-22(31)16-33-25-27-21-15-29(5-2)28-23(21)24(32)30(25)14-19-8-6-17(3)7-9-19/h6-13,15H,4-5,14,16H2,1-3H3,(H,26,31). The predicted octanol–water partition coefficient (Wildman–Crippen LogP) is 4.26. The smallest absolute Gasteiger partial charge is 0.282 e. The molecule has 170 valence electrons. The summed E-state index contributed by atoms with van der Waals surface area (Å²) in [4.78, 5) is 30.5. The molecule has 2 aromatic carbocycles. The van der Waals surface area contributed by atoms with Crippen LogP contribution in [0.3, 0.4) is 0 Å². The van der Waals surface area contributed by atoms with E-state index in [0.29, 0.717) is 29.3 Å². The Bertz CT molecular complexity index is 1320. The highest BCUT2D eigenvalue weighted by Crippen LogP contribution is 2.20. The molecule has 0 saturated heterocycles. The molecule has 0 aliphatic heterocycles. The molecule has 2 heterocycles. The van der Waals surface area contributed by atoms with Crippen molar-refractivity contribution in [3.05, 3.63) is 81.8 Å². The number of carbonyl (C=O) groups excluding carboxylic acids is 1. The molecule has 4 rings (SSSR count). The van der Waals surface area contributed by atoms with E-state index in [4.69, 9.17) is 0 Å². The first-order valence-electron chi connectivity index (χ1n) is 11.0. The van der Waals surface area contributed by atoms with Crippen molar-refractivity contribution in [3.63, 3.8) is 0 Å². The third-order valence-electron chi connectivity index (χ3n) is 5.40. The molecule has 0 bridgehead atoms. The number of carbonyl (C=O) groups is 1. The molecule has 33 heavy (non-hydrogen) atoms. The Morgan fingerprint density at radius 2 is 1.73 bits per heavy atom. The van der Waals surface area contributed by atoms with Gasteiger partial charge in [0.25, 0.3) is 5.56 Å². The van der Waals surface area contributed by atoms with E-state index in [0.717, 1.165) is 23.2 Å². The quantitative estimate of drug-likeness (QED) is 0.313. The molecular weight excluding hydrogens is 434 g/mol. The van der Waals surface area contributed by atoms with Gasteiger partial charge in [0.1, 0.15) is 5.52 Å². The van der Waals surface area contributed by atoms with E-state index in [9.17, 15) is 9.59 Å². The SMILES string of the molecule is CCc1ccc(NC(=O)CSc2nc3cn(CC)nc3c(=O)n2Cc2ccc(C)cc2)cc1. The van der Waals surface area contributed by atoms with Gasteiger partial charge in [-0.25, -0.2) is 4.98 Å². The van der Waals surface area contributed by atoms with Crippen molar-refractivity contribution in [2.24, 2.45) is 0 Å². The van der Waals surface area contributed by atoms with E-state index in [2.05, 4.69) is 22.3 Å². The van der Waals surface area contributed by atoms with Crippen molar-refractivity contribution in [2.45, 2.75) is 45.4 Å². The van der Waals surface area contributed by atoms with E-state index in [1.165, 1.54) is 17.3 Å². The highest BCUT2D eigenvalue weighted by atomic mass is 32.2. The van der Waals surface area contributed by atoms with Gasteiger partial charge in [-0.2, -0.15) is 5.10 Å². The van der Waals surface area contributed by atoms with Gasteiger partial charge >= 0.3 is 0 Å². The van der Waals surface area contributed by atoms with Crippen molar-refractivity contribution < 1.29 is 4.79 Å². The third kappa shape index (κ3) is 5.34. The summed E-state index contributed by atoms with van der Waals surface area (Å²) in [6.45, 7) is 7.09. The summed E-state index contributed by atoms with van der Waals surface area (Å²) in [6, 6.07) is 15.8. The molecule has 7 nitrogen and oxygen atoms in total. The van der Waals surface area contributed by atoms with Crippen LogP contribution in [0.25, 0.3) is 11.0 Å². The van der Waals surface area contributed by atoms with E-state index < -0.39 is 0 Å². The third-order valence-corrected chi connectivity index (χ3v) is 6.38. The molecule has 0 atom stereocenters. The van der Waals surface area contributed by atoms with E-state index in [-0.39, 0.29) is 17.2 Å². The number of nitrogens with zero attached hydrogens (tertiary/aromatic N) is 4. The molecule has 2 aromatic heterocycles. The van der Waals surface area contributed by atoms with Crippen LogP contribution in [-0.4, -0.2) is 31.0 Å². The predicted molar refractivity (Wildman–Crippen MR) is 133 cm³/mol. The fraction of sp³-hybridized carbons (Fsp3) is 0.280. The van der Waals surface area contributed by atoms with Gasteiger partial charge < -0.3 is 5.32 Å². The molecule has 0 spiro atoms. The van der Waals surface area contributed by atoms with Crippen LogP contribution in [0.5, 0.6) is 0 Å². The number of aryl methyl sites for hydroxylation is 3. The number of thioether (sulfide) groups is 1. The summed E-state index contributed by atoms with van der Waals surface area (Å²) in [5.41, 5.74) is 4.79. The highest BCUT2D eigenvalue weighted by Gasteiger charge is 2.16. The van der Waals surface area contributed by atoms with Gasteiger partial charge in [-0.05, 0) is 43.5 Å². The van der Waals surface area contributed by atoms with Crippen LogP contribution in [0, 0.1) is 6.92 Å². The summed E-state index contributed by atoms with van der Waals surface area (Å²) in [5, 5.41) is 7.80. The lowest BCUT2D eigenvalue weighted by molar-refractivity contribution is -0.113. The van der Waals surface area contributed by atoms with Crippen molar-refractivity contribution in [1.29, 1.82) is 0 Å². The van der Waals surface area contributed by atoms with Gasteiger partial charge in [0.2, 0.25) is 5.91 Å². The number of aromatic nitrogens is 4. The zero-order valence-corrected chi connectivity index (χ0v) is 19.9. The number of amides is 1. The van der Waals surface area contributed by atoms with Crippen LogP contribution < -0.4 is 10.9 Å². The van der Waals surface area contributed by atoms with Crippen LogP contribution in [-0.2, 0) is 24.3 Å². The van der Waals surface area contributed by atoms with Gasteiger partial charge in [-0.15, -0.1) is 0 Å². The number of benzene rings is 2. The second-order valence-electron chi connectivity index (χ2n) is 7.88. The molecule has 0 unspecified atom stereocenters. The summed E-state index contributed by atoms with van der Waals surface area (Å²) >= 11 is 1.25. The minimum Gasteiger partial charge on any atom is -0.325 e. The van der Waals surface area contributed by atoms with Gasteiger partial charge in [0.15, 0.2) is 10.7 Å². The van der Waals surface area contributed by atoms with Crippen LogP contribution in [0.2, 0.25) is 0 Å². The van der Waals surface area contributed by atoms with E-state index in [1.54, 1.807) is 15.4 Å². The maximum Gasteiger partial charge on any atom is 0.282 e. The van der Waals surface area contributed by atoms with Crippen LogP contribution in [0.15, 0.2) is 64.7 Å². The number of fused-ring (bicyclic) bond motifs is 1. The van der Waals surface area contributed by atoms with E-state index in [1.807, 2.05) is 62.4 Å². The van der Waals surface area contributed by atoms with Gasteiger partial charge in [0.05, 0.1) is 18.5 Å². The maximum absolute atomic E-state index is 13.3. The number of anilines is 1. The Labute approximate surface area is 196 Å². The number of hydrogen-bond donors (Lipinski definition) is 1. The lowest BCUT2D eigenvalue weighted by Crippen LogP contribution is -2.25. The Balaban J connectivity index is 1.59. The minimum atomic E-state index is -0.203. The molecule has 1 amide bonds. The Kier molecular flexibility index (Phi) is 6.93. The summed E-state index contributed by atoms with van der Waals surface area (Å²) in [7, 11) is 0. The monoisotopic (exact) mass is 461 g/mol. The van der Waals surface area contributed by atoms with Gasteiger partial charge in [-0.3, -0.25) is 18.8 Å². The number of nitrogens with one attached hydrogen (secondary N) is 1. The Morgan fingerprint density at radius 3 is 2.39 bits per heavy atom. The number of rotatable bonds is 8. The van der Waals surface area contributed by atoms with Crippen molar-refractivity contribution in [1.82, 2.24) is 19.3 Å². The molecule has 0 aliphatic carbocycles. The molecule has 0 saturated carbocycles. The Morgan fingerprint density at radius 1 is 1.03 bits per heavy atom. The van der Waals surface area contributed by atoms with Crippen LogP contribution in [0.4, 0.5) is 5.69 Å². The lowest BCUT2D eigenvalue weighted by Gasteiger charge is -2.12. The topological polar surface area (TPSA) is 81.8 Å². The second kappa shape index (κ2) is 10.0. The van der Waals surface area contributed by atoms with Crippen molar-refractivity contribution in [3.8, 4) is 0 Å². The molecule has 8 heteroatoms. The number of hydrogen-bond acceptors (Lipinski definition) is 5. The minimum absolute atomic E-state index is 0.142. The summed E-state index contributed by atoms with van der Waals surface area (Å²) < 4.78 is 3.31. The average Bonchev–Trinajstić information content (AvgIpc) is 3.25. The van der Waals surface area contributed by atoms with Gasteiger partial charge in [-0.1, -0.05) is 60.6 Å². The Hall–Kier alpha value is -3.39. The van der Waals surface area contributed by atoms with Crippen LogP contribution >= 0.6 is 11.8 Å². The molecule has 4 aromatic rings. The van der Waals surface area contributed by atoms with Crippen molar-refractivity contribution in [2.75, 3.05) is 11.1 Å². The van der Waals surface area contributed by atoms with Gasteiger partial charge in [0, 0.05) is 12.2 Å². The first kappa shape index (κ1) is 22.8. The largest absolute Gasteiger partial charge is 0.325 e.